The molecule has 32 heavy (non-hydrogen) atoms. The van der Waals surface area contributed by atoms with Crippen molar-refractivity contribution in [3.05, 3.63) is 63.7 Å². The molecule has 1 N–H and O–H groups in total. The van der Waals surface area contributed by atoms with Crippen LogP contribution in [0.3, 0.4) is 0 Å². The number of benzene rings is 2. The van der Waals surface area contributed by atoms with Crippen molar-refractivity contribution in [3.8, 4) is 0 Å². The molecule has 1 fully saturated rings. The number of nitro groups is 1. The van der Waals surface area contributed by atoms with Gasteiger partial charge in [0.2, 0.25) is 5.16 Å². The van der Waals surface area contributed by atoms with Gasteiger partial charge >= 0.3 is 0 Å². The molecule has 0 radical (unpaired) electrons. The van der Waals surface area contributed by atoms with Crippen molar-refractivity contribution in [2.24, 2.45) is 7.05 Å². The maximum atomic E-state index is 12.7. The van der Waals surface area contributed by atoms with Crippen molar-refractivity contribution in [1.82, 2.24) is 25.1 Å². The van der Waals surface area contributed by atoms with E-state index in [1.54, 1.807) is 36.2 Å². The molecule has 0 bridgehead atoms. The van der Waals surface area contributed by atoms with E-state index in [-0.39, 0.29) is 17.2 Å². The summed E-state index contributed by atoms with van der Waals surface area (Å²) in [6.45, 7) is 1.46. The smallest absolute Gasteiger partial charge is 0.284 e. The molecule has 0 unspecified atom stereocenters. The molecule has 1 aliphatic rings. The predicted molar refractivity (Wildman–Crippen MR) is 116 cm³/mol. The highest BCUT2D eigenvalue weighted by Gasteiger charge is 2.22. The molecule has 0 aliphatic carbocycles. The highest BCUT2D eigenvalue weighted by Crippen LogP contribution is 2.34. The summed E-state index contributed by atoms with van der Waals surface area (Å²) < 4.78 is 1.39. The topological polar surface area (TPSA) is 136 Å². The van der Waals surface area contributed by atoms with Crippen LogP contribution in [0.4, 0.5) is 11.4 Å². The van der Waals surface area contributed by atoms with E-state index in [2.05, 4.69) is 20.8 Å². The van der Waals surface area contributed by atoms with E-state index in [0.717, 1.165) is 37.7 Å². The van der Waals surface area contributed by atoms with Gasteiger partial charge in [-0.25, -0.2) is 4.68 Å². The van der Waals surface area contributed by atoms with E-state index in [4.69, 9.17) is 0 Å². The molecule has 0 spiro atoms. The van der Waals surface area contributed by atoms with Gasteiger partial charge in [-0.15, -0.1) is 5.10 Å². The number of aromatic nitrogens is 4. The van der Waals surface area contributed by atoms with Crippen LogP contribution in [0.2, 0.25) is 0 Å². The van der Waals surface area contributed by atoms with Gasteiger partial charge in [-0.3, -0.25) is 19.7 Å². The maximum absolute atomic E-state index is 12.7. The van der Waals surface area contributed by atoms with Crippen LogP contribution in [0.25, 0.3) is 0 Å². The molecular weight excluding hydrogens is 434 g/mol. The van der Waals surface area contributed by atoms with Crippen molar-refractivity contribution < 1.29 is 14.5 Å². The summed E-state index contributed by atoms with van der Waals surface area (Å²) in [7, 11) is 1.62. The Kier molecular flexibility index (Phi) is 6.12. The fourth-order valence-corrected chi connectivity index (χ4v) is 4.15. The van der Waals surface area contributed by atoms with Crippen molar-refractivity contribution in [2.45, 2.75) is 22.9 Å². The minimum Gasteiger partial charge on any atom is -0.339 e. The second-order valence-corrected chi connectivity index (χ2v) is 8.17. The predicted octanol–water partition coefficient (Wildman–Crippen LogP) is 2.76. The number of nitro benzene ring substituents is 1. The van der Waals surface area contributed by atoms with E-state index in [1.807, 2.05) is 0 Å². The quantitative estimate of drug-likeness (QED) is 0.444. The summed E-state index contributed by atoms with van der Waals surface area (Å²) in [5.41, 5.74) is 0.808. The van der Waals surface area contributed by atoms with Gasteiger partial charge in [-0.05, 0) is 65.4 Å². The summed E-state index contributed by atoms with van der Waals surface area (Å²) >= 11 is 1.03. The molecule has 3 aromatic rings. The number of carbonyl (C=O) groups is 2. The minimum atomic E-state index is -0.557. The van der Waals surface area contributed by atoms with Crippen molar-refractivity contribution in [1.29, 1.82) is 0 Å². The van der Waals surface area contributed by atoms with E-state index in [1.165, 1.54) is 22.9 Å². The minimum absolute atomic E-state index is 0.0751. The molecule has 1 saturated heterocycles. The maximum Gasteiger partial charge on any atom is 0.284 e. The van der Waals surface area contributed by atoms with Crippen LogP contribution >= 0.6 is 11.8 Å². The first-order chi connectivity index (χ1) is 15.4. The number of aryl methyl sites for hydroxylation is 1. The molecule has 2 amide bonds. The number of nitrogens with one attached hydrogen (secondary N) is 1. The Hall–Kier alpha value is -3.80. The van der Waals surface area contributed by atoms with E-state index in [9.17, 15) is 19.7 Å². The average Bonchev–Trinajstić information content (AvgIpc) is 3.46. The summed E-state index contributed by atoms with van der Waals surface area (Å²) in [5, 5.41) is 25.7. The fourth-order valence-electron chi connectivity index (χ4n) is 3.33. The number of amides is 2. The van der Waals surface area contributed by atoms with Gasteiger partial charge in [0.05, 0.1) is 9.82 Å². The molecule has 11 nitrogen and oxygen atoms in total. The number of hydrogen-bond acceptors (Lipinski definition) is 8. The standard InChI is InChI=1S/C20H19N7O4S/c1-25-20(22-23-24-25)32-17-8-7-13(12-16(17)27(30)31)18(28)21-15-6-4-5-14(11-15)19(29)26-9-2-3-10-26/h4-8,11-12H,2-3,9-10H2,1H3,(H,21,28). The first-order valence-electron chi connectivity index (χ1n) is 9.82. The molecule has 0 atom stereocenters. The Balaban J connectivity index is 1.52. The molecule has 1 aromatic heterocycles. The zero-order chi connectivity index (χ0) is 22.7. The van der Waals surface area contributed by atoms with Crippen LogP contribution in [0.15, 0.2) is 52.5 Å². The molecule has 2 heterocycles. The van der Waals surface area contributed by atoms with Gasteiger partial charge in [0, 0.05) is 43.0 Å². The average molecular weight is 453 g/mol. The van der Waals surface area contributed by atoms with Crippen molar-refractivity contribution in [3.63, 3.8) is 0 Å². The van der Waals surface area contributed by atoms with Gasteiger partial charge in [0.25, 0.3) is 17.5 Å². The summed E-state index contributed by atoms with van der Waals surface area (Å²) in [6, 6.07) is 10.9. The first kappa shape index (κ1) is 21.4. The molecule has 0 saturated carbocycles. The van der Waals surface area contributed by atoms with Crippen LogP contribution in [0.5, 0.6) is 0 Å². The first-order valence-corrected chi connectivity index (χ1v) is 10.6. The van der Waals surface area contributed by atoms with Gasteiger partial charge in [-0.1, -0.05) is 6.07 Å². The van der Waals surface area contributed by atoms with E-state index < -0.39 is 10.8 Å². The number of rotatable bonds is 6. The van der Waals surface area contributed by atoms with Gasteiger partial charge < -0.3 is 10.2 Å². The largest absolute Gasteiger partial charge is 0.339 e. The number of hydrogen-bond donors (Lipinski definition) is 1. The second-order valence-electron chi connectivity index (χ2n) is 7.16. The summed E-state index contributed by atoms with van der Waals surface area (Å²) in [6.07, 6.45) is 1.98. The van der Waals surface area contributed by atoms with Crippen LogP contribution in [0, 0.1) is 10.1 Å². The van der Waals surface area contributed by atoms with Crippen molar-refractivity contribution >= 4 is 35.0 Å². The Morgan fingerprint density at radius 1 is 1.12 bits per heavy atom. The number of likely N-dealkylation sites (tertiary alicyclic amines) is 1. The van der Waals surface area contributed by atoms with Crippen LogP contribution in [-0.2, 0) is 7.05 Å². The van der Waals surface area contributed by atoms with Crippen molar-refractivity contribution in [2.75, 3.05) is 18.4 Å². The van der Waals surface area contributed by atoms with Gasteiger partial charge in [0.1, 0.15) is 0 Å². The van der Waals surface area contributed by atoms with Crippen LogP contribution < -0.4 is 5.32 Å². The number of anilines is 1. The monoisotopic (exact) mass is 453 g/mol. The van der Waals surface area contributed by atoms with E-state index in [0.29, 0.717) is 21.3 Å². The Labute approximate surface area is 186 Å². The molecule has 164 valence electrons. The van der Waals surface area contributed by atoms with Crippen LogP contribution in [0.1, 0.15) is 33.6 Å². The lowest BCUT2D eigenvalue weighted by atomic mass is 10.1. The Bertz CT molecular complexity index is 1190. The summed E-state index contributed by atoms with van der Waals surface area (Å²) in [5.74, 6) is -0.593. The normalized spacial score (nSPS) is 13.2. The Morgan fingerprint density at radius 3 is 2.59 bits per heavy atom. The van der Waals surface area contributed by atoms with E-state index >= 15 is 0 Å². The molecular formula is C20H19N7O4S. The lowest BCUT2D eigenvalue weighted by Gasteiger charge is -2.15. The molecule has 12 heteroatoms. The molecule has 2 aromatic carbocycles. The highest BCUT2D eigenvalue weighted by atomic mass is 32.2. The van der Waals surface area contributed by atoms with Crippen LogP contribution in [-0.4, -0.2) is 54.9 Å². The SMILES string of the molecule is Cn1nnnc1Sc1ccc(C(=O)Nc2cccc(C(=O)N3CCCC3)c2)cc1[N+](=O)[O-]. The number of carbonyl (C=O) groups excluding carboxylic acids is 2. The van der Waals surface area contributed by atoms with Gasteiger partial charge in [-0.2, -0.15) is 0 Å². The third-order valence-corrected chi connectivity index (χ3v) is 6.05. The number of nitrogens with zero attached hydrogens (tertiary/aromatic N) is 6. The highest BCUT2D eigenvalue weighted by molar-refractivity contribution is 7.99. The second kappa shape index (κ2) is 9.14. The lowest BCUT2D eigenvalue weighted by molar-refractivity contribution is -0.387. The summed E-state index contributed by atoms with van der Waals surface area (Å²) in [4.78, 5) is 38.4. The number of tetrazole rings is 1. The zero-order valence-electron chi connectivity index (χ0n) is 17.1. The zero-order valence-corrected chi connectivity index (χ0v) is 17.9. The molecule has 4 rings (SSSR count). The third kappa shape index (κ3) is 4.59. The third-order valence-electron chi connectivity index (χ3n) is 4.96. The fraction of sp³-hybridized carbons (Fsp3) is 0.250. The lowest BCUT2D eigenvalue weighted by Crippen LogP contribution is -2.27. The Morgan fingerprint density at radius 2 is 1.91 bits per heavy atom. The molecule has 1 aliphatic heterocycles. The van der Waals surface area contributed by atoms with Gasteiger partial charge in [0.15, 0.2) is 0 Å².